The molecule has 4 nitrogen and oxygen atoms in total. The van der Waals surface area contributed by atoms with Gasteiger partial charge in [0.2, 0.25) is 11.8 Å². The van der Waals surface area contributed by atoms with E-state index in [1.807, 2.05) is 16.8 Å². The van der Waals surface area contributed by atoms with Crippen LogP contribution in [0.25, 0.3) is 0 Å². The van der Waals surface area contributed by atoms with Crippen LogP contribution in [0.2, 0.25) is 0 Å². The van der Waals surface area contributed by atoms with E-state index >= 15 is 0 Å². The molecule has 0 radical (unpaired) electrons. The molecule has 1 aliphatic heterocycles. The minimum absolute atomic E-state index is 0.0424. The Hall–Kier alpha value is -1.36. The maximum atomic E-state index is 11.9. The van der Waals surface area contributed by atoms with Crippen molar-refractivity contribution in [1.82, 2.24) is 5.32 Å². The van der Waals surface area contributed by atoms with Crippen molar-refractivity contribution in [2.45, 2.75) is 19.4 Å². The fourth-order valence-electron chi connectivity index (χ4n) is 1.60. The molecule has 1 fully saturated rings. The number of hydrogen-bond donors (Lipinski definition) is 1. The lowest BCUT2D eigenvalue weighted by molar-refractivity contribution is -0.125. The van der Waals surface area contributed by atoms with Crippen molar-refractivity contribution in [3.05, 3.63) is 16.8 Å². The van der Waals surface area contributed by atoms with Crippen LogP contribution in [-0.2, 0) is 9.59 Å². The third-order valence-electron chi connectivity index (χ3n) is 2.39. The molecule has 0 bridgehead atoms. The molecule has 0 aromatic carbocycles. The Labute approximate surface area is 91.9 Å². The Morgan fingerprint density at radius 2 is 2.33 bits per heavy atom. The largest absolute Gasteiger partial charge is 0.345 e. The standard InChI is InChI=1S/C10H12N2O2S/c1-7-10(14)12(4-2-9(13)11-7)8-3-5-15-6-8/h3,5-7H,2,4H2,1H3,(H,11,13). The lowest BCUT2D eigenvalue weighted by atomic mass is 10.3. The first-order chi connectivity index (χ1) is 7.18. The van der Waals surface area contributed by atoms with Gasteiger partial charge in [-0.3, -0.25) is 9.59 Å². The zero-order chi connectivity index (χ0) is 10.8. The SMILES string of the molecule is CC1NC(=O)CCN(c2ccsc2)C1=O. The van der Waals surface area contributed by atoms with Crippen molar-refractivity contribution in [2.75, 3.05) is 11.4 Å². The molecule has 1 atom stereocenters. The molecule has 1 aromatic heterocycles. The van der Waals surface area contributed by atoms with E-state index in [0.29, 0.717) is 13.0 Å². The van der Waals surface area contributed by atoms with Gasteiger partial charge < -0.3 is 10.2 Å². The van der Waals surface area contributed by atoms with E-state index in [9.17, 15) is 9.59 Å². The fourth-order valence-corrected chi connectivity index (χ4v) is 2.24. The topological polar surface area (TPSA) is 49.4 Å². The van der Waals surface area contributed by atoms with Crippen molar-refractivity contribution in [3.63, 3.8) is 0 Å². The predicted molar refractivity (Wildman–Crippen MR) is 58.9 cm³/mol. The molecule has 1 aliphatic rings. The van der Waals surface area contributed by atoms with Crippen molar-refractivity contribution in [3.8, 4) is 0 Å². The fraction of sp³-hybridized carbons (Fsp3) is 0.400. The van der Waals surface area contributed by atoms with Gasteiger partial charge in [0, 0.05) is 18.3 Å². The number of thiophene rings is 1. The molecular weight excluding hydrogens is 212 g/mol. The van der Waals surface area contributed by atoms with Gasteiger partial charge in [-0.2, -0.15) is 11.3 Å². The highest BCUT2D eigenvalue weighted by molar-refractivity contribution is 7.08. The maximum Gasteiger partial charge on any atom is 0.249 e. The molecule has 1 unspecified atom stereocenters. The molecule has 2 rings (SSSR count). The normalized spacial score (nSPS) is 22.5. The number of carbonyl (C=O) groups excluding carboxylic acids is 2. The first-order valence-electron chi connectivity index (χ1n) is 4.81. The number of nitrogens with one attached hydrogen (secondary N) is 1. The number of rotatable bonds is 1. The second-order valence-electron chi connectivity index (χ2n) is 3.51. The third-order valence-corrected chi connectivity index (χ3v) is 3.07. The van der Waals surface area contributed by atoms with Crippen molar-refractivity contribution < 1.29 is 9.59 Å². The second kappa shape index (κ2) is 4.02. The van der Waals surface area contributed by atoms with E-state index in [1.165, 1.54) is 0 Å². The van der Waals surface area contributed by atoms with Crippen LogP contribution in [0.4, 0.5) is 5.69 Å². The summed E-state index contributed by atoms with van der Waals surface area (Å²) in [7, 11) is 0. The van der Waals surface area contributed by atoms with Crippen LogP contribution in [0, 0.1) is 0 Å². The van der Waals surface area contributed by atoms with Gasteiger partial charge in [0.15, 0.2) is 0 Å². The average Bonchev–Trinajstić information content (AvgIpc) is 2.67. The van der Waals surface area contributed by atoms with Gasteiger partial charge >= 0.3 is 0 Å². The molecule has 5 heteroatoms. The smallest absolute Gasteiger partial charge is 0.249 e. The van der Waals surface area contributed by atoms with E-state index in [4.69, 9.17) is 0 Å². The van der Waals surface area contributed by atoms with Crippen molar-refractivity contribution in [1.29, 1.82) is 0 Å². The summed E-state index contributed by atoms with van der Waals surface area (Å²) in [4.78, 5) is 24.8. The van der Waals surface area contributed by atoms with Crippen molar-refractivity contribution >= 4 is 28.8 Å². The van der Waals surface area contributed by atoms with E-state index < -0.39 is 6.04 Å². The Morgan fingerprint density at radius 1 is 1.53 bits per heavy atom. The summed E-state index contributed by atoms with van der Waals surface area (Å²) in [6.07, 6.45) is 0.367. The van der Waals surface area contributed by atoms with Crippen LogP contribution in [0.1, 0.15) is 13.3 Å². The maximum absolute atomic E-state index is 11.9. The summed E-state index contributed by atoms with van der Waals surface area (Å²) in [5.74, 6) is -0.104. The van der Waals surface area contributed by atoms with Crippen molar-refractivity contribution in [2.24, 2.45) is 0 Å². The molecule has 80 valence electrons. The molecule has 0 spiro atoms. The Bertz CT molecular complexity index is 375. The molecule has 15 heavy (non-hydrogen) atoms. The third kappa shape index (κ3) is 2.02. The summed E-state index contributed by atoms with van der Waals surface area (Å²) in [6.45, 7) is 2.18. The molecule has 2 heterocycles. The summed E-state index contributed by atoms with van der Waals surface area (Å²) < 4.78 is 0. The van der Waals surface area contributed by atoms with E-state index in [-0.39, 0.29) is 11.8 Å². The second-order valence-corrected chi connectivity index (χ2v) is 4.29. The average molecular weight is 224 g/mol. The number of nitrogens with zero attached hydrogens (tertiary/aromatic N) is 1. The van der Waals surface area contributed by atoms with Gasteiger partial charge in [-0.05, 0) is 18.4 Å². The molecule has 2 amide bonds. The molecular formula is C10H12N2O2S. The minimum atomic E-state index is -0.431. The Balaban J connectivity index is 2.24. The number of hydrogen-bond acceptors (Lipinski definition) is 3. The summed E-state index contributed by atoms with van der Waals surface area (Å²) in [5, 5.41) is 6.50. The number of anilines is 1. The quantitative estimate of drug-likeness (QED) is 0.773. The Kier molecular flexibility index (Phi) is 2.73. The minimum Gasteiger partial charge on any atom is -0.345 e. The van der Waals surface area contributed by atoms with Gasteiger partial charge in [0.25, 0.3) is 0 Å². The number of amides is 2. The highest BCUT2D eigenvalue weighted by atomic mass is 32.1. The molecule has 1 aromatic rings. The van der Waals surface area contributed by atoms with Crippen LogP contribution in [-0.4, -0.2) is 24.4 Å². The van der Waals surface area contributed by atoms with E-state index in [1.54, 1.807) is 23.2 Å². The van der Waals surface area contributed by atoms with Gasteiger partial charge in [0.1, 0.15) is 6.04 Å². The highest BCUT2D eigenvalue weighted by Gasteiger charge is 2.27. The number of carbonyl (C=O) groups is 2. The van der Waals surface area contributed by atoms with Crippen LogP contribution >= 0.6 is 11.3 Å². The molecule has 0 saturated carbocycles. The first-order valence-corrected chi connectivity index (χ1v) is 5.75. The molecule has 1 saturated heterocycles. The molecule has 1 N–H and O–H groups in total. The summed E-state index contributed by atoms with van der Waals surface area (Å²) in [6, 6.07) is 1.46. The zero-order valence-electron chi connectivity index (χ0n) is 8.40. The van der Waals surface area contributed by atoms with Gasteiger partial charge in [0.05, 0.1) is 5.69 Å². The lowest BCUT2D eigenvalue weighted by Gasteiger charge is -2.20. The summed E-state index contributed by atoms with van der Waals surface area (Å²) in [5.41, 5.74) is 0.883. The van der Waals surface area contributed by atoms with Gasteiger partial charge in [-0.1, -0.05) is 0 Å². The Morgan fingerprint density at radius 3 is 3.00 bits per heavy atom. The lowest BCUT2D eigenvalue weighted by Crippen LogP contribution is -2.42. The predicted octanol–water partition coefficient (Wildman–Crippen LogP) is 0.990. The van der Waals surface area contributed by atoms with E-state index in [2.05, 4.69) is 5.32 Å². The molecule has 0 aliphatic carbocycles. The van der Waals surface area contributed by atoms with E-state index in [0.717, 1.165) is 5.69 Å². The van der Waals surface area contributed by atoms with Crippen LogP contribution in [0.3, 0.4) is 0 Å². The first kappa shape index (κ1) is 10.2. The zero-order valence-corrected chi connectivity index (χ0v) is 9.21. The summed E-state index contributed by atoms with van der Waals surface area (Å²) >= 11 is 1.54. The van der Waals surface area contributed by atoms with Gasteiger partial charge in [-0.25, -0.2) is 0 Å². The van der Waals surface area contributed by atoms with Crippen LogP contribution < -0.4 is 10.2 Å². The highest BCUT2D eigenvalue weighted by Crippen LogP contribution is 2.20. The van der Waals surface area contributed by atoms with Gasteiger partial charge in [-0.15, -0.1) is 0 Å². The van der Waals surface area contributed by atoms with Crippen LogP contribution in [0.15, 0.2) is 16.8 Å². The van der Waals surface area contributed by atoms with Crippen LogP contribution in [0.5, 0.6) is 0 Å². The monoisotopic (exact) mass is 224 g/mol.